The number of rotatable bonds is 8. The molecule has 1 amide bonds. The first-order chi connectivity index (χ1) is 16.6. The molecule has 0 spiro atoms. The second kappa shape index (κ2) is 10.4. The first-order valence-electron chi connectivity index (χ1n) is 10.5. The zero-order chi connectivity index (χ0) is 23.9. The minimum Gasteiger partial charge on any atom is -0.490 e. The average molecular weight is 460 g/mol. The number of hydrogen-bond acceptors (Lipinski definition) is 6. The number of benzene rings is 3. The number of carbonyl (C=O) groups is 1. The summed E-state index contributed by atoms with van der Waals surface area (Å²) in [5, 5.41) is 11.9. The molecule has 1 aliphatic heterocycles. The van der Waals surface area contributed by atoms with E-state index in [0.29, 0.717) is 35.2 Å². The van der Waals surface area contributed by atoms with Gasteiger partial charge >= 0.3 is 0 Å². The van der Waals surface area contributed by atoms with Gasteiger partial charge in [0.25, 0.3) is 5.91 Å². The lowest BCUT2D eigenvalue weighted by Crippen LogP contribution is -2.14. The van der Waals surface area contributed by atoms with Crippen LogP contribution in [0, 0.1) is 17.1 Å². The molecule has 34 heavy (non-hydrogen) atoms. The van der Waals surface area contributed by atoms with Crippen molar-refractivity contribution in [3.05, 3.63) is 83.2 Å². The monoisotopic (exact) mass is 460 g/mol. The quantitative estimate of drug-likeness (QED) is 0.373. The molecule has 0 radical (unpaired) electrons. The Morgan fingerprint density at radius 2 is 1.91 bits per heavy atom. The predicted molar refractivity (Wildman–Crippen MR) is 123 cm³/mol. The van der Waals surface area contributed by atoms with Gasteiger partial charge in [-0.25, -0.2) is 4.39 Å². The summed E-state index contributed by atoms with van der Waals surface area (Å²) in [6.07, 6.45) is 1.40. The van der Waals surface area contributed by atoms with E-state index in [-0.39, 0.29) is 24.7 Å². The number of para-hydroxylation sites is 1. The van der Waals surface area contributed by atoms with Crippen LogP contribution in [-0.4, -0.2) is 19.3 Å². The molecule has 4 rings (SSSR count). The summed E-state index contributed by atoms with van der Waals surface area (Å²) in [5.41, 5.74) is 1.27. The molecular weight excluding hydrogens is 439 g/mol. The average Bonchev–Trinajstić information content (AvgIpc) is 3.31. The van der Waals surface area contributed by atoms with E-state index in [9.17, 15) is 14.4 Å². The van der Waals surface area contributed by atoms with Gasteiger partial charge in [0.2, 0.25) is 6.79 Å². The van der Waals surface area contributed by atoms with Crippen molar-refractivity contribution in [3.8, 4) is 29.1 Å². The number of fused-ring (bicyclic) bond motifs is 1. The minimum atomic E-state index is -0.714. The summed E-state index contributed by atoms with van der Waals surface area (Å²) >= 11 is 0. The third-order valence-electron chi connectivity index (χ3n) is 4.90. The number of nitriles is 1. The Labute approximate surface area is 195 Å². The van der Waals surface area contributed by atoms with Gasteiger partial charge in [0, 0.05) is 0 Å². The molecule has 8 heteroatoms. The van der Waals surface area contributed by atoms with Crippen LogP contribution in [0.5, 0.6) is 23.0 Å². The van der Waals surface area contributed by atoms with Crippen LogP contribution in [-0.2, 0) is 11.4 Å². The Morgan fingerprint density at radius 1 is 1.09 bits per heavy atom. The van der Waals surface area contributed by atoms with Gasteiger partial charge in [-0.2, -0.15) is 5.26 Å². The largest absolute Gasteiger partial charge is 0.490 e. The smallest absolute Gasteiger partial charge is 0.266 e. The Hall–Kier alpha value is -4.51. The van der Waals surface area contributed by atoms with Crippen molar-refractivity contribution in [3.63, 3.8) is 0 Å². The van der Waals surface area contributed by atoms with Crippen molar-refractivity contribution < 1.29 is 28.1 Å². The summed E-state index contributed by atoms with van der Waals surface area (Å²) in [6, 6.07) is 18.2. The van der Waals surface area contributed by atoms with Crippen LogP contribution in [0.1, 0.15) is 18.1 Å². The Bertz CT molecular complexity index is 1280. The highest BCUT2D eigenvalue weighted by molar-refractivity contribution is 6.09. The summed E-state index contributed by atoms with van der Waals surface area (Å²) in [4.78, 5) is 12.5. The molecule has 172 valence electrons. The number of amides is 1. The minimum absolute atomic E-state index is 0.00378. The summed E-state index contributed by atoms with van der Waals surface area (Å²) in [6.45, 7) is 2.71. The third-order valence-corrected chi connectivity index (χ3v) is 4.90. The molecule has 1 aliphatic rings. The van der Waals surface area contributed by atoms with Gasteiger partial charge in [-0.3, -0.25) is 4.79 Å². The van der Waals surface area contributed by atoms with Crippen molar-refractivity contribution in [2.24, 2.45) is 0 Å². The lowest BCUT2D eigenvalue weighted by molar-refractivity contribution is -0.112. The highest BCUT2D eigenvalue weighted by atomic mass is 19.1. The lowest BCUT2D eigenvalue weighted by atomic mass is 10.1. The molecule has 3 aromatic rings. The van der Waals surface area contributed by atoms with Crippen molar-refractivity contribution in [2.45, 2.75) is 13.5 Å². The Kier molecular flexibility index (Phi) is 6.94. The van der Waals surface area contributed by atoms with E-state index in [1.54, 1.807) is 24.3 Å². The van der Waals surface area contributed by atoms with Gasteiger partial charge in [-0.05, 0) is 60.5 Å². The summed E-state index contributed by atoms with van der Waals surface area (Å²) in [7, 11) is 0. The van der Waals surface area contributed by atoms with Gasteiger partial charge in [0.15, 0.2) is 23.0 Å². The first kappa shape index (κ1) is 22.7. The second-order valence-electron chi connectivity index (χ2n) is 7.22. The fourth-order valence-electron chi connectivity index (χ4n) is 3.26. The maximum Gasteiger partial charge on any atom is 0.266 e. The van der Waals surface area contributed by atoms with Crippen molar-refractivity contribution in [1.29, 1.82) is 5.26 Å². The second-order valence-corrected chi connectivity index (χ2v) is 7.22. The zero-order valence-corrected chi connectivity index (χ0v) is 18.3. The van der Waals surface area contributed by atoms with Crippen molar-refractivity contribution in [2.75, 3.05) is 18.7 Å². The molecule has 0 bridgehead atoms. The summed E-state index contributed by atoms with van der Waals surface area (Å²) in [5.74, 6) is 1.03. The van der Waals surface area contributed by atoms with Gasteiger partial charge in [0.1, 0.15) is 24.1 Å². The molecule has 0 saturated heterocycles. The SMILES string of the molecule is CCOc1cc(/C=C(\C#N)C(=O)Nc2ccccc2F)ccc1OCc1ccc2c(c1)OCO2. The van der Waals surface area contributed by atoms with E-state index in [1.807, 2.05) is 31.2 Å². The van der Waals surface area contributed by atoms with Gasteiger partial charge in [-0.15, -0.1) is 0 Å². The molecule has 0 aliphatic carbocycles. The number of anilines is 1. The number of hydrogen-bond donors (Lipinski definition) is 1. The fourth-order valence-corrected chi connectivity index (χ4v) is 3.26. The highest BCUT2D eigenvalue weighted by Crippen LogP contribution is 2.34. The molecule has 0 saturated carbocycles. The maximum absolute atomic E-state index is 13.8. The third kappa shape index (κ3) is 5.27. The fraction of sp³-hybridized carbons (Fsp3) is 0.154. The molecule has 7 nitrogen and oxygen atoms in total. The van der Waals surface area contributed by atoms with Crippen molar-refractivity contribution in [1.82, 2.24) is 0 Å². The van der Waals surface area contributed by atoms with Crippen molar-refractivity contribution >= 4 is 17.7 Å². The van der Waals surface area contributed by atoms with Crippen LogP contribution in [0.2, 0.25) is 0 Å². The van der Waals surface area contributed by atoms with E-state index >= 15 is 0 Å². The molecule has 0 fully saturated rings. The van der Waals surface area contributed by atoms with Gasteiger partial charge < -0.3 is 24.3 Å². The van der Waals surface area contributed by atoms with E-state index in [4.69, 9.17) is 18.9 Å². The molecule has 1 N–H and O–H groups in total. The normalized spacial score (nSPS) is 12.1. The van der Waals surface area contributed by atoms with Crippen LogP contribution >= 0.6 is 0 Å². The van der Waals surface area contributed by atoms with Crippen LogP contribution < -0.4 is 24.3 Å². The molecule has 0 aromatic heterocycles. The Morgan fingerprint density at radius 3 is 2.71 bits per heavy atom. The number of nitrogens with zero attached hydrogens (tertiary/aromatic N) is 1. The van der Waals surface area contributed by atoms with Gasteiger partial charge in [0.05, 0.1) is 12.3 Å². The molecule has 3 aromatic carbocycles. The highest BCUT2D eigenvalue weighted by Gasteiger charge is 2.15. The van der Waals surface area contributed by atoms with E-state index in [2.05, 4.69) is 5.32 Å². The number of nitrogens with one attached hydrogen (secondary N) is 1. The van der Waals surface area contributed by atoms with E-state index in [1.165, 1.54) is 24.3 Å². The van der Waals surface area contributed by atoms with Crippen LogP contribution in [0.15, 0.2) is 66.2 Å². The molecular formula is C26H21FN2O5. The van der Waals surface area contributed by atoms with Gasteiger partial charge in [-0.1, -0.05) is 24.3 Å². The number of carbonyl (C=O) groups excluding carboxylic acids is 1. The van der Waals surface area contributed by atoms with Crippen LogP contribution in [0.25, 0.3) is 6.08 Å². The standard InChI is InChI=1S/C26H21FN2O5/c1-2-31-24-12-17(11-19(14-28)26(30)29-21-6-4-3-5-20(21)27)7-9-22(24)32-15-18-8-10-23-25(13-18)34-16-33-23/h3-13H,2,15-16H2,1H3,(H,29,30)/b19-11+. The zero-order valence-electron chi connectivity index (χ0n) is 18.3. The number of halogens is 1. The van der Waals surface area contributed by atoms with E-state index in [0.717, 1.165) is 5.56 Å². The number of ether oxygens (including phenoxy) is 4. The van der Waals surface area contributed by atoms with Crippen LogP contribution in [0.4, 0.5) is 10.1 Å². The predicted octanol–water partition coefficient (Wildman–Crippen LogP) is 5.08. The molecule has 1 heterocycles. The Balaban J connectivity index is 1.50. The molecule has 0 atom stereocenters. The topological polar surface area (TPSA) is 89.8 Å². The summed E-state index contributed by atoms with van der Waals surface area (Å²) < 4.78 is 36.2. The molecule has 0 unspecified atom stereocenters. The lowest BCUT2D eigenvalue weighted by Gasteiger charge is -2.13. The first-order valence-corrected chi connectivity index (χ1v) is 10.5. The maximum atomic E-state index is 13.8. The van der Waals surface area contributed by atoms with Crippen LogP contribution in [0.3, 0.4) is 0 Å². The van der Waals surface area contributed by atoms with E-state index < -0.39 is 11.7 Å².